The summed E-state index contributed by atoms with van der Waals surface area (Å²) in [5, 5.41) is 3.76. The number of carbonyl (C=O) groups is 1. The van der Waals surface area contributed by atoms with E-state index in [-0.39, 0.29) is 41.2 Å². The highest BCUT2D eigenvalue weighted by atomic mass is 35.5. The molecule has 28 heavy (non-hydrogen) atoms. The Bertz CT molecular complexity index is 1040. The highest BCUT2D eigenvalue weighted by Crippen LogP contribution is 2.35. The van der Waals surface area contributed by atoms with Crippen molar-refractivity contribution >= 4 is 17.5 Å². The van der Waals surface area contributed by atoms with E-state index in [1.165, 1.54) is 29.2 Å². The van der Waals surface area contributed by atoms with Crippen LogP contribution >= 0.6 is 11.6 Å². The molecule has 0 radical (unpaired) electrons. The molecule has 4 rings (SSSR count). The Morgan fingerprint density at radius 1 is 1.14 bits per heavy atom. The van der Waals surface area contributed by atoms with Crippen LogP contribution in [0.25, 0.3) is 11.4 Å². The number of halogens is 4. The summed E-state index contributed by atoms with van der Waals surface area (Å²) >= 11 is 5.77. The van der Waals surface area contributed by atoms with Crippen LogP contribution in [0.15, 0.2) is 40.9 Å². The highest BCUT2D eigenvalue weighted by Gasteiger charge is 2.37. The van der Waals surface area contributed by atoms with E-state index in [9.17, 15) is 18.0 Å². The molecule has 1 aliphatic heterocycles. The number of hydrogen-bond donors (Lipinski definition) is 0. The predicted octanol–water partition coefficient (Wildman–Crippen LogP) is 4.67. The topological polar surface area (TPSA) is 59.2 Å². The van der Waals surface area contributed by atoms with E-state index < -0.39 is 23.5 Å². The fourth-order valence-electron chi connectivity index (χ4n) is 3.17. The molecular formula is C19H13ClF3N3O2. The summed E-state index contributed by atoms with van der Waals surface area (Å²) in [7, 11) is 0. The molecule has 1 aromatic heterocycles. The highest BCUT2D eigenvalue weighted by molar-refractivity contribution is 6.31. The molecule has 9 heteroatoms. The third-order valence-electron chi connectivity index (χ3n) is 4.62. The monoisotopic (exact) mass is 407 g/mol. The lowest BCUT2D eigenvalue weighted by Crippen LogP contribution is -2.28. The lowest BCUT2D eigenvalue weighted by molar-refractivity contribution is -0.130. The SMILES string of the molecule is O=C1CCC(c2nc(-c3ccc(F)c(Cl)c3)no2)N1Cc1c(F)cccc1F. The van der Waals surface area contributed by atoms with Crippen molar-refractivity contribution in [1.82, 2.24) is 15.0 Å². The van der Waals surface area contributed by atoms with Gasteiger partial charge in [-0.05, 0) is 36.8 Å². The Hall–Kier alpha value is -2.87. The number of nitrogens with zero attached hydrogens (tertiary/aromatic N) is 3. The zero-order valence-corrected chi connectivity index (χ0v) is 15.1. The molecule has 1 fully saturated rings. The fourth-order valence-corrected chi connectivity index (χ4v) is 3.35. The Balaban J connectivity index is 1.62. The van der Waals surface area contributed by atoms with Gasteiger partial charge in [0.2, 0.25) is 17.6 Å². The minimum Gasteiger partial charge on any atom is -0.337 e. The first-order valence-corrected chi connectivity index (χ1v) is 8.83. The van der Waals surface area contributed by atoms with Gasteiger partial charge >= 0.3 is 0 Å². The molecule has 0 spiro atoms. The average molecular weight is 408 g/mol. The molecule has 1 aliphatic rings. The van der Waals surface area contributed by atoms with Gasteiger partial charge in [-0.15, -0.1) is 0 Å². The molecular weight excluding hydrogens is 395 g/mol. The standard InChI is InChI=1S/C19H13ClF3N3O2/c20-12-8-10(4-5-15(12)23)18-24-19(28-25-18)16-6-7-17(27)26(16)9-11-13(21)2-1-3-14(11)22/h1-5,8,16H,6-7,9H2. The first-order valence-electron chi connectivity index (χ1n) is 8.45. The zero-order chi connectivity index (χ0) is 19.8. The molecule has 144 valence electrons. The van der Waals surface area contributed by atoms with Crippen molar-refractivity contribution < 1.29 is 22.5 Å². The number of likely N-dealkylation sites (tertiary alicyclic amines) is 1. The molecule has 2 aromatic carbocycles. The Labute approximate surface area is 162 Å². The van der Waals surface area contributed by atoms with Crippen LogP contribution in [-0.4, -0.2) is 20.9 Å². The number of amides is 1. The summed E-state index contributed by atoms with van der Waals surface area (Å²) in [5.41, 5.74) is 0.241. The van der Waals surface area contributed by atoms with Gasteiger partial charge in [-0.25, -0.2) is 13.2 Å². The lowest BCUT2D eigenvalue weighted by Gasteiger charge is -2.22. The normalized spacial score (nSPS) is 16.8. The summed E-state index contributed by atoms with van der Waals surface area (Å²) in [6, 6.07) is 6.91. The average Bonchev–Trinajstić information content (AvgIpc) is 3.28. The Kier molecular flexibility index (Phi) is 4.80. The van der Waals surface area contributed by atoms with Crippen LogP contribution in [-0.2, 0) is 11.3 Å². The van der Waals surface area contributed by atoms with Crippen molar-refractivity contribution in [2.24, 2.45) is 0 Å². The molecule has 1 atom stereocenters. The first-order chi connectivity index (χ1) is 13.4. The van der Waals surface area contributed by atoms with Crippen molar-refractivity contribution in [3.8, 4) is 11.4 Å². The molecule has 2 heterocycles. The minimum atomic E-state index is -0.731. The quantitative estimate of drug-likeness (QED) is 0.630. The molecule has 0 saturated carbocycles. The van der Waals surface area contributed by atoms with E-state index in [4.69, 9.17) is 16.1 Å². The lowest BCUT2D eigenvalue weighted by atomic mass is 10.1. The van der Waals surface area contributed by atoms with Gasteiger partial charge in [0.25, 0.3) is 0 Å². The largest absolute Gasteiger partial charge is 0.337 e. The van der Waals surface area contributed by atoms with Gasteiger partial charge in [-0.2, -0.15) is 4.98 Å². The summed E-state index contributed by atoms with van der Waals surface area (Å²) in [5.74, 6) is -1.99. The number of benzene rings is 2. The Morgan fingerprint density at radius 3 is 2.61 bits per heavy atom. The smallest absolute Gasteiger partial charge is 0.249 e. The van der Waals surface area contributed by atoms with Crippen LogP contribution in [0.5, 0.6) is 0 Å². The summed E-state index contributed by atoms with van der Waals surface area (Å²) in [6.07, 6.45) is 0.571. The maximum atomic E-state index is 14.0. The van der Waals surface area contributed by atoms with Crippen LogP contribution in [0.4, 0.5) is 13.2 Å². The number of aromatic nitrogens is 2. The van der Waals surface area contributed by atoms with Gasteiger partial charge in [-0.3, -0.25) is 4.79 Å². The fraction of sp³-hybridized carbons (Fsp3) is 0.211. The molecule has 3 aromatic rings. The maximum Gasteiger partial charge on any atom is 0.249 e. The third-order valence-corrected chi connectivity index (χ3v) is 4.91. The summed E-state index contributed by atoms with van der Waals surface area (Å²) < 4.78 is 46.6. The molecule has 1 unspecified atom stereocenters. The maximum absolute atomic E-state index is 14.0. The van der Waals surface area contributed by atoms with Gasteiger partial charge < -0.3 is 9.42 Å². The second-order valence-corrected chi connectivity index (χ2v) is 6.77. The molecule has 1 amide bonds. The van der Waals surface area contributed by atoms with Crippen molar-refractivity contribution in [2.75, 3.05) is 0 Å². The number of rotatable bonds is 4. The zero-order valence-electron chi connectivity index (χ0n) is 14.3. The molecule has 0 aliphatic carbocycles. The third kappa shape index (κ3) is 3.35. The van der Waals surface area contributed by atoms with Gasteiger partial charge in [0.15, 0.2) is 0 Å². The van der Waals surface area contributed by atoms with Crippen LogP contribution in [0.2, 0.25) is 5.02 Å². The summed E-state index contributed by atoms with van der Waals surface area (Å²) in [6.45, 7) is -0.248. The van der Waals surface area contributed by atoms with E-state index in [1.54, 1.807) is 0 Å². The Morgan fingerprint density at radius 2 is 1.89 bits per heavy atom. The second kappa shape index (κ2) is 7.27. The van der Waals surface area contributed by atoms with Crippen molar-refractivity contribution in [3.63, 3.8) is 0 Å². The van der Waals surface area contributed by atoms with Crippen LogP contribution in [0.3, 0.4) is 0 Å². The van der Waals surface area contributed by atoms with E-state index in [0.29, 0.717) is 12.0 Å². The number of carbonyl (C=O) groups excluding carboxylic acids is 1. The first kappa shape index (κ1) is 18.5. The predicted molar refractivity (Wildman–Crippen MR) is 93.6 cm³/mol. The van der Waals surface area contributed by atoms with E-state index in [1.807, 2.05) is 0 Å². The van der Waals surface area contributed by atoms with Crippen LogP contribution in [0, 0.1) is 17.5 Å². The van der Waals surface area contributed by atoms with Crippen molar-refractivity contribution in [3.05, 3.63) is 70.3 Å². The van der Waals surface area contributed by atoms with Gasteiger partial charge in [0, 0.05) is 17.5 Å². The van der Waals surface area contributed by atoms with E-state index >= 15 is 0 Å². The van der Waals surface area contributed by atoms with Crippen LogP contribution in [0.1, 0.15) is 30.3 Å². The van der Waals surface area contributed by atoms with Crippen molar-refractivity contribution in [2.45, 2.75) is 25.4 Å². The molecule has 0 N–H and O–H groups in total. The van der Waals surface area contributed by atoms with Gasteiger partial charge in [-0.1, -0.05) is 22.8 Å². The minimum absolute atomic E-state index is 0.0865. The van der Waals surface area contributed by atoms with Gasteiger partial charge in [0.1, 0.15) is 23.5 Å². The van der Waals surface area contributed by atoms with E-state index in [0.717, 1.165) is 12.1 Å². The van der Waals surface area contributed by atoms with Crippen LogP contribution < -0.4 is 0 Å². The van der Waals surface area contributed by atoms with E-state index in [2.05, 4.69) is 10.1 Å². The molecule has 5 nitrogen and oxygen atoms in total. The van der Waals surface area contributed by atoms with Gasteiger partial charge in [0.05, 0.1) is 11.6 Å². The number of hydrogen-bond acceptors (Lipinski definition) is 4. The van der Waals surface area contributed by atoms with Crippen molar-refractivity contribution in [1.29, 1.82) is 0 Å². The summed E-state index contributed by atoms with van der Waals surface area (Å²) in [4.78, 5) is 17.9. The second-order valence-electron chi connectivity index (χ2n) is 6.36. The molecule has 0 bridgehead atoms. The molecule has 1 saturated heterocycles.